The molecule has 2 heteroatoms. The average Bonchev–Trinajstić information content (AvgIpc) is 2.34. The first-order chi connectivity index (χ1) is 9.36. The van der Waals surface area contributed by atoms with Crippen molar-refractivity contribution >= 4 is 0 Å². The van der Waals surface area contributed by atoms with Crippen molar-refractivity contribution in [3.05, 3.63) is 69.8 Å². The number of hydrogen-bond donors (Lipinski definition) is 2. The summed E-state index contributed by atoms with van der Waals surface area (Å²) >= 11 is 0. The lowest BCUT2D eigenvalue weighted by Gasteiger charge is -2.22. The molecule has 0 aliphatic rings. The first-order valence-electron chi connectivity index (χ1n) is 7.04. The van der Waals surface area contributed by atoms with Crippen LogP contribution in [-0.2, 0) is 0 Å². The van der Waals surface area contributed by atoms with E-state index in [4.69, 9.17) is 11.5 Å². The summed E-state index contributed by atoms with van der Waals surface area (Å²) in [5.74, 6) is 0. The summed E-state index contributed by atoms with van der Waals surface area (Å²) in [6.07, 6.45) is 0. The van der Waals surface area contributed by atoms with E-state index in [1.807, 2.05) is 0 Å². The topological polar surface area (TPSA) is 52.0 Å². The predicted molar refractivity (Wildman–Crippen MR) is 85.7 cm³/mol. The van der Waals surface area contributed by atoms with Crippen LogP contribution in [0, 0.1) is 27.7 Å². The van der Waals surface area contributed by atoms with Gasteiger partial charge < -0.3 is 11.5 Å². The van der Waals surface area contributed by atoms with Gasteiger partial charge in [0.2, 0.25) is 0 Å². The zero-order chi connectivity index (χ0) is 14.9. The van der Waals surface area contributed by atoms with Gasteiger partial charge in [0.1, 0.15) is 0 Å². The summed E-state index contributed by atoms with van der Waals surface area (Å²) < 4.78 is 0. The minimum absolute atomic E-state index is 0.185. The molecule has 4 N–H and O–H groups in total. The lowest BCUT2D eigenvalue weighted by molar-refractivity contribution is 0.573. The molecule has 2 atom stereocenters. The van der Waals surface area contributed by atoms with E-state index in [-0.39, 0.29) is 12.1 Å². The van der Waals surface area contributed by atoms with Gasteiger partial charge >= 0.3 is 0 Å². The second kappa shape index (κ2) is 5.78. The van der Waals surface area contributed by atoms with Crippen molar-refractivity contribution in [2.45, 2.75) is 39.8 Å². The Kier molecular flexibility index (Phi) is 4.26. The van der Waals surface area contributed by atoms with Crippen molar-refractivity contribution in [2.24, 2.45) is 11.5 Å². The molecule has 0 heterocycles. The molecule has 0 aliphatic heterocycles. The normalized spacial score (nSPS) is 14.1. The van der Waals surface area contributed by atoms with E-state index in [0.717, 1.165) is 11.1 Å². The van der Waals surface area contributed by atoms with Crippen molar-refractivity contribution in [3.8, 4) is 0 Å². The van der Waals surface area contributed by atoms with E-state index in [1.165, 1.54) is 22.3 Å². The van der Waals surface area contributed by atoms with E-state index in [0.29, 0.717) is 0 Å². The third kappa shape index (κ3) is 3.27. The maximum Gasteiger partial charge on any atom is 0.0491 e. The summed E-state index contributed by atoms with van der Waals surface area (Å²) in [4.78, 5) is 0. The third-order valence-electron chi connectivity index (χ3n) is 3.64. The van der Waals surface area contributed by atoms with Crippen molar-refractivity contribution in [2.75, 3.05) is 0 Å². The molecule has 0 aromatic heterocycles. The standard InChI is InChI=1S/C18H24N2/c1-11-5-12(2)8-15(7-11)17(19)18(20)16-9-13(3)6-14(4)10-16/h5-10,17-18H,19-20H2,1-4H3. The zero-order valence-electron chi connectivity index (χ0n) is 12.8. The molecule has 0 bridgehead atoms. The Morgan fingerprint density at radius 2 is 0.800 bits per heavy atom. The molecule has 0 aliphatic carbocycles. The molecule has 0 saturated carbocycles. The van der Waals surface area contributed by atoms with E-state index >= 15 is 0 Å². The van der Waals surface area contributed by atoms with Gasteiger partial charge in [-0.05, 0) is 38.8 Å². The van der Waals surface area contributed by atoms with Crippen LogP contribution in [0.3, 0.4) is 0 Å². The average molecular weight is 268 g/mol. The van der Waals surface area contributed by atoms with Crippen LogP contribution < -0.4 is 11.5 Å². The Bertz CT molecular complexity index is 521. The maximum absolute atomic E-state index is 6.38. The monoisotopic (exact) mass is 268 g/mol. The van der Waals surface area contributed by atoms with Gasteiger partial charge in [-0.1, -0.05) is 58.7 Å². The highest BCUT2D eigenvalue weighted by Crippen LogP contribution is 2.27. The largest absolute Gasteiger partial charge is 0.322 e. The number of aryl methyl sites for hydroxylation is 4. The van der Waals surface area contributed by atoms with Gasteiger partial charge in [-0.3, -0.25) is 0 Å². The number of benzene rings is 2. The van der Waals surface area contributed by atoms with Crippen LogP contribution in [0.1, 0.15) is 45.5 Å². The third-order valence-corrected chi connectivity index (χ3v) is 3.64. The quantitative estimate of drug-likeness (QED) is 0.893. The Labute approximate surface area is 121 Å². The van der Waals surface area contributed by atoms with Crippen molar-refractivity contribution < 1.29 is 0 Å². The molecule has 20 heavy (non-hydrogen) atoms. The molecular weight excluding hydrogens is 244 g/mol. The molecule has 2 rings (SSSR count). The number of rotatable bonds is 3. The molecule has 0 spiro atoms. The van der Waals surface area contributed by atoms with Gasteiger partial charge in [0.25, 0.3) is 0 Å². The predicted octanol–water partition coefficient (Wildman–Crippen LogP) is 3.62. The van der Waals surface area contributed by atoms with Crippen LogP contribution in [0.15, 0.2) is 36.4 Å². The van der Waals surface area contributed by atoms with Crippen LogP contribution in [-0.4, -0.2) is 0 Å². The van der Waals surface area contributed by atoms with Gasteiger partial charge in [-0.15, -0.1) is 0 Å². The molecule has 2 nitrogen and oxygen atoms in total. The van der Waals surface area contributed by atoms with Crippen molar-refractivity contribution in [1.82, 2.24) is 0 Å². The fraction of sp³-hybridized carbons (Fsp3) is 0.333. The summed E-state index contributed by atoms with van der Waals surface area (Å²) in [5.41, 5.74) is 19.9. The summed E-state index contributed by atoms with van der Waals surface area (Å²) in [6, 6.07) is 12.4. The van der Waals surface area contributed by atoms with Gasteiger partial charge in [-0.2, -0.15) is 0 Å². The molecule has 0 amide bonds. The highest BCUT2D eigenvalue weighted by Gasteiger charge is 2.18. The van der Waals surface area contributed by atoms with Crippen molar-refractivity contribution in [3.63, 3.8) is 0 Å². The van der Waals surface area contributed by atoms with Crippen molar-refractivity contribution in [1.29, 1.82) is 0 Å². The summed E-state index contributed by atoms with van der Waals surface area (Å²) in [7, 11) is 0. The Morgan fingerprint density at radius 1 is 0.550 bits per heavy atom. The Hall–Kier alpha value is -1.64. The van der Waals surface area contributed by atoms with E-state index < -0.39 is 0 Å². The Balaban J connectivity index is 2.34. The van der Waals surface area contributed by atoms with Crippen LogP contribution in [0.5, 0.6) is 0 Å². The second-order valence-electron chi connectivity index (χ2n) is 5.89. The van der Waals surface area contributed by atoms with E-state index in [9.17, 15) is 0 Å². The number of hydrogen-bond acceptors (Lipinski definition) is 2. The van der Waals surface area contributed by atoms with Crippen LogP contribution in [0.25, 0.3) is 0 Å². The molecule has 0 fully saturated rings. The molecule has 2 aromatic carbocycles. The van der Waals surface area contributed by atoms with E-state index in [2.05, 4.69) is 64.1 Å². The molecule has 0 radical (unpaired) electrons. The Morgan fingerprint density at radius 3 is 1.05 bits per heavy atom. The van der Waals surface area contributed by atoms with Gasteiger partial charge in [-0.25, -0.2) is 0 Å². The smallest absolute Gasteiger partial charge is 0.0491 e. The fourth-order valence-electron chi connectivity index (χ4n) is 2.82. The maximum atomic E-state index is 6.38. The minimum atomic E-state index is -0.185. The molecule has 2 aromatic rings. The molecule has 0 saturated heterocycles. The first-order valence-corrected chi connectivity index (χ1v) is 7.04. The molecule has 2 unspecified atom stereocenters. The lowest BCUT2D eigenvalue weighted by atomic mass is 9.91. The van der Waals surface area contributed by atoms with Gasteiger partial charge in [0.05, 0.1) is 0 Å². The molecular formula is C18H24N2. The highest BCUT2D eigenvalue weighted by atomic mass is 14.8. The fourth-order valence-corrected chi connectivity index (χ4v) is 2.82. The van der Waals surface area contributed by atoms with E-state index in [1.54, 1.807) is 0 Å². The molecule has 106 valence electrons. The van der Waals surface area contributed by atoms with Crippen LogP contribution >= 0.6 is 0 Å². The number of nitrogens with two attached hydrogens (primary N) is 2. The lowest BCUT2D eigenvalue weighted by Crippen LogP contribution is -2.26. The van der Waals surface area contributed by atoms with Crippen LogP contribution in [0.4, 0.5) is 0 Å². The first kappa shape index (κ1) is 14.8. The van der Waals surface area contributed by atoms with Gasteiger partial charge in [0, 0.05) is 12.1 Å². The zero-order valence-corrected chi connectivity index (χ0v) is 12.8. The second-order valence-corrected chi connectivity index (χ2v) is 5.89. The highest BCUT2D eigenvalue weighted by molar-refractivity contribution is 5.36. The van der Waals surface area contributed by atoms with Gasteiger partial charge in [0.15, 0.2) is 0 Å². The SMILES string of the molecule is Cc1cc(C)cc(C(N)C(N)c2cc(C)cc(C)c2)c1. The summed E-state index contributed by atoms with van der Waals surface area (Å²) in [5, 5.41) is 0. The minimum Gasteiger partial charge on any atom is -0.322 e. The summed E-state index contributed by atoms with van der Waals surface area (Å²) in [6.45, 7) is 8.36. The van der Waals surface area contributed by atoms with Crippen LogP contribution in [0.2, 0.25) is 0 Å².